The SMILES string of the molecule is C=C(C)C(=O)OC(OC)C1CCCCC1. The van der Waals surface area contributed by atoms with E-state index in [0.717, 1.165) is 12.8 Å². The highest BCUT2D eigenvalue weighted by Crippen LogP contribution is 2.28. The first-order chi connectivity index (χ1) is 7.15. The van der Waals surface area contributed by atoms with Gasteiger partial charge in [-0.3, -0.25) is 0 Å². The first-order valence-electron chi connectivity index (χ1n) is 5.54. The summed E-state index contributed by atoms with van der Waals surface area (Å²) >= 11 is 0. The topological polar surface area (TPSA) is 35.5 Å². The maximum absolute atomic E-state index is 11.4. The molecule has 0 bridgehead atoms. The molecular weight excluding hydrogens is 192 g/mol. The number of rotatable bonds is 4. The van der Waals surface area contributed by atoms with Crippen molar-refractivity contribution in [2.75, 3.05) is 7.11 Å². The Labute approximate surface area is 91.4 Å². The van der Waals surface area contributed by atoms with Crippen LogP contribution in [-0.4, -0.2) is 19.4 Å². The quantitative estimate of drug-likeness (QED) is 0.408. The van der Waals surface area contributed by atoms with Crippen molar-refractivity contribution in [2.24, 2.45) is 5.92 Å². The molecule has 0 aromatic rings. The number of esters is 1. The molecule has 1 aliphatic rings. The normalized spacial score (nSPS) is 19.6. The van der Waals surface area contributed by atoms with E-state index in [9.17, 15) is 4.79 Å². The minimum Gasteiger partial charge on any atom is -0.432 e. The summed E-state index contributed by atoms with van der Waals surface area (Å²) in [6.07, 6.45) is 5.46. The van der Waals surface area contributed by atoms with Gasteiger partial charge in [0.25, 0.3) is 0 Å². The van der Waals surface area contributed by atoms with Gasteiger partial charge in [-0.05, 0) is 19.8 Å². The molecule has 0 heterocycles. The third kappa shape index (κ3) is 3.67. The molecule has 0 aliphatic heterocycles. The molecule has 15 heavy (non-hydrogen) atoms. The average molecular weight is 212 g/mol. The standard InChI is InChI=1S/C12H20O3/c1-9(2)11(13)15-12(14-3)10-7-5-4-6-8-10/h10,12H,1,4-8H2,2-3H3. The molecule has 0 saturated heterocycles. The van der Waals surface area contributed by atoms with Crippen molar-refractivity contribution in [3.05, 3.63) is 12.2 Å². The van der Waals surface area contributed by atoms with E-state index in [0.29, 0.717) is 11.5 Å². The van der Waals surface area contributed by atoms with Crippen LogP contribution in [0, 0.1) is 5.92 Å². The van der Waals surface area contributed by atoms with E-state index in [-0.39, 0.29) is 5.97 Å². The summed E-state index contributed by atoms with van der Waals surface area (Å²) in [7, 11) is 1.59. The summed E-state index contributed by atoms with van der Waals surface area (Å²) in [5, 5.41) is 0. The van der Waals surface area contributed by atoms with E-state index in [2.05, 4.69) is 6.58 Å². The Morgan fingerprint density at radius 2 is 1.93 bits per heavy atom. The van der Waals surface area contributed by atoms with Gasteiger partial charge in [0.15, 0.2) is 0 Å². The van der Waals surface area contributed by atoms with Crippen molar-refractivity contribution in [3.63, 3.8) is 0 Å². The van der Waals surface area contributed by atoms with Crippen molar-refractivity contribution in [1.82, 2.24) is 0 Å². The lowest BCUT2D eigenvalue weighted by Gasteiger charge is -2.28. The van der Waals surface area contributed by atoms with Crippen LogP contribution in [0.2, 0.25) is 0 Å². The minimum atomic E-state index is -0.394. The Morgan fingerprint density at radius 3 is 2.40 bits per heavy atom. The van der Waals surface area contributed by atoms with Gasteiger partial charge in [-0.15, -0.1) is 0 Å². The molecule has 1 rings (SSSR count). The molecule has 1 fully saturated rings. The predicted molar refractivity (Wildman–Crippen MR) is 58.3 cm³/mol. The van der Waals surface area contributed by atoms with Gasteiger partial charge in [0.2, 0.25) is 6.29 Å². The molecule has 1 atom stereocenters. The minimum absolute atomic E-state index is 0.354. The van der Waals surface area contributed by atoms with Crippen LogP contribution in [0.15, 0.2) is 12.2 Å². The van der Waals surface area contributed by atoms with Crippen molar-refractivity contribution in [2.45, 2.75) is 45.3 Å². The van der Waals surface area contributed by atoms with Crippen LogP contribution in [0.4, 0.5) is 0 Å². The van der Waals surface area contributed by atoms with Gasteiger partial charge in [-0.2, -0.15) is 0 Å². The van der Waals surface area contributed by atoms with E-state index >= 15 is 0 Å². The van der Waals surface area contributed by atoms with Crippen LogP contribution >= 0.6 is 0 Å². The van der Waals surface area contributed by atoms with Crippen molar-refractivity contribution in [3.8, 4) is 0 Å². The molecule has 0 aromatic heterocycles. The number of hydrogen-bond donors (Lipinski definition) is 0. The van der Waals surface area contributed by atoms with Gasteiger partial charge in [-0.1, -0.05) is 25.8 Å². The van der Waals surface area contributed by atoms with Crippen molar-refractivity contribution >= 4 is 5.97 Å². The van der Waals surface area contributed by atoms with Gasteiger partial charge in [0.1, 0.15) is 0 Å². The van der Waals surface area contributed by atoms with E-state index in [1.54, 1.807) is 14.0 Å². The second-order valence-corrected chi connectivity index (χ2v) is 4.19. The Kier molecular flexibility index (Phi) is 4.82. The molecule has 1 aliphatic carbocycles. The average Bonchev–Trinajstić information content (AvgIpc) is 2.26. The zero-order valence-corrected chi connectivity index (χ0v) is 9.62. The number of carbonyl (C=O) groups excluding carboxylic acids is 1. The van der Waals surface area contributed by atoms with Crippen molar-refractivity contribution < 1.29 is 14.3 Å². The van der Waals surface area contributed by atoms with Crippen LogP contribution in [0.1, 0.15) is 39.0 Å². The molecular formula is C12H20O3. The summed E-state index contributed by atoms with van der Waals surface area (Å²) in [6, 6.07) is 0. The Balaban J connectivity index is 2.46. The van der Waals surface area contributed by atoms with Gasteiger partial charge in [0.05, 0.1) is 0 Å². The summed E-state index contributed by atoms with van der Waals surface area (Å²) in [6.45, 7) is 5.21. The van der Waals surface area contributed by atoms with E-state index < -0.39 is 6.29 Å². The molecule has 3 nitrogen and oxygen atoms in total. The van der Waals surface area contributed by atoms with Crippen molar-refractivity contribution in [1.29, 1.82) is 0 Å². The smallest absolute Gasteiger partial charge is 0.335 e. The van der Waals surface area contributed by atoms with Crippen LogP contribution < -0.4 is 0 Å². The second-order valence-electron chi connectivity index (χ2n) is 4.19. The maximum Gasteiger partial charge on any atom is 0.335 e. The third-order valence-corrected chi connectivity index (χ3v) is 2.84. The molecule has 1 unspecified atom stereocenters. The highest BCUT2D eigenvalue weighted by Gasteiger charge is 2.26. The molecule has 0 N–H and O–H groups in total. The third-order valence-electron chi connectivity index (χ3n) is 2.84. The lowest BCUT2D eigenvalue weighted by atomic mass is 9.89. The lowest BCUT2D eigenvalue weighted by Crippen LogP contribution is -2.30. The highest BCUT2D eigenvalue weighted by atomic mass is 16.7. The summed E-state index contributed by atoms with van der Waals surface area (Å²) in [5.74, 6) is -0.000488. The Morgan fingerprint density at radius 1 is 1.33 bits per heavy atom. The molecule has 0 spiro atoms. The van der Waals surface area contributed by atoms with E-state index in [1.807, 2.05) is 0 Å². The van der Waals surface area contributed by atoms with Gasteiger partial charge >= 0.3 is 5.97 Å². The van der Waals surface area contributed by atoms with Gasteiger partial charge in [0, 0.05) is 18.6 Å². The maximum atomic E-state index is 11.4. The Bertz CT molecular complexity index is 229. The summed E-state index contributed by atoms with van der Waals surface area (Å²) < 4.78 is 10.5. The fourth-order valence-electron chi connectivity index (χ4n) is 1.95. The molecule has 0 radical (unpaired) electrons. The van der Waals surface area contributed by atoms with Crippen LogP contribution in [0.25, 0.3) is 0 Å². The molecule has 0 aromatic carbocycles. The van der Waals surface area contributed by atoms with Gasteiger partial charge < -0.3 is 9.47 Å². The Hall–Kier alpha value is -0.830. The molecule has 0 amide bonds. The number of ether oxygens (including phenoxy) is 2. The monoisotopic (exact) mass is 212 g/mol. The first kappa shape index (κ1) is 12.2. The number of hydrogen-bond acceptors (Lipinski definition) is 3. The van der Waals surface area contributed by atoms with Crippen LogP contribution in [0.3, 0.4) is 0 Å². The predicted octanol–water partition coefficient (Wildman–Crippen LogP) is 2.66. The van der Waals surface area contributed by atoms with E-state index in [1.165, 1.54) is 19.3 Å². The zero-order chi connectivity index (χ0) is 11.3. The fraction of sp³-hybridized carbons (Fsp3) is 0.750. The largest absolute Gasteiger partial charge is 0.432 e. The van der Waals surface area contributed by atoms with E-state index in [4.69, 9.17) is 9.47 Å². The lowest BCUT2D eigenvalue weighted by molar-refractivity contribution is -0.182. The number of carbonyl (C=O) groups is 1. The number of methoxy groups -OCH3 is 1. The van der Waals surface area contributed by atoms with Crippen LogP contribution in [0.5, 0.6) is 0 Å². The second kappa shape index (κ2) is 5.91. The first-order valence-corrected chi connectivity index (χ1v) is 5.54. The summed E-state index contributed by atoms with van der Waals surface area (Å²) in [4.78, 5) is 11.4. The molecule has 86 valence electrons. The fourth-order valence-corrected chi connectivity index (χ4v) is 1.95. The highest BCUT2D eigenvalue weighted by molar-refractivity contribution is 5.87. The van der Waals surface area contributed by atoms with Crippen LogP contribution in [-0.2, 0) is 14.3 Å². The molecule has 3 heteroatoms. The van der Waals surface area contributed by atoms with Gasteiger partial charge in [-0.25, -0.2) is 4.79 Å². The molecule has 1 saturated carbocycles. The summed E-state index contributed by atoms with van der Waals surface area (Å²) in [5.41, 5.74) is 0.424. The zero-order valence-electron chi connectivity index (χ0n) is 9.62.